The van der Waals surface area contributed by atoms with Gasteiger partial charge in [0, 0.05) is 35.5 Å². The SMILES string of the molecule is CCC1CC(=O)NN=C1c1ccc2nc(-c3ccc(OC[C@H]4CCCN4C(C)C)cc3)oc2c1. The normalized spacial score (nSPS) is 21.2. The summed E-state index contributed by atoms with van der Waals surface area (Å²) < 4.78 is 12.2. The van der Waals surface area contributed by atoms with E-state index in [9.17, 15) is 4.79 Å². The Labute approximate surface area is 200 Å². The molecule has 1 saturated heterocycles. The van der Waals surface area contributed by atoms with E-state index in [1.165, 1.54) is 12.8 Å². The van der Waals surface area contributed by atoms with Crippen LogP contribution in [0.3, 0.4) is 0 Å². The zero-order valence-corrected chi connectivity index (χ0v) is 20.1. The van der Waals surface area contributed by atoms with Gasteiger partial charge in [0.25, 0.3) is 0 Å². The number of carbonyl (C=O) groups excluding carboxylic acids is 1. The molecule has 1 aromatic heterocycles. The fraction of sp³-hybridized carbons (Fsp3) is 0.444. The number of ether oxygens (including phenoxy) is 1. The molecule has 0 spiro atoms. The minimum absolute atomic E-state index is 0.0356. The molecular formula is C27H32N4O3. The number of likely N-dealkylation sites (tertiary alicyclic amines) is 1. The minimum Gasteiger partial charge on any atom is -0.492 e. The van der Waals surface area contributed by atoms with E-state index in [-0.39, 0.29) is 11.8 Å². The molecule has 2 aliphatic rings. The lowest BCUT2D eigenvalue weighted by molar-refractivity contribution is -0.122. The molecule has 1 N–H and O–H groups in total. The average molecular weight is 461 g/mol. The third-order valence-corrected chi connectivity index (χ3v) is 6.93. The van der Waals surface area contributed by atoms with E-state index < -0.39 is 0 Å². The van der Waals surface area contributed by atoms with E-state index in [1.807, 2.05) is 42.5 Å². The van der Waals surface area contributed by atoms with Gasteiger partial charge in [-0.05, 0) is 76.1 Å². The summed E-state index contributed by atoms with van der Waals surface area (Å²) >= 11 is 0. The van der Waals surface area contributed by atoms with Gasteiger partial charge in [0.1, 0.15) is 17.9 Å². The Morgan fingerprint density at radius 1 is 1.18 bits per heavy atom. The van der Waals surface area contributed by atoms with Crippen LogP contribution in [0.4, 0.5) is 0 Å². The van der Waals surface area contributed by atoms with Crippen LogP contribution in [0.1, 0.15) is 52.0 Å². The molecule has 2 aromatic carbocycles. The Balaban J connectivity index is 1.30. The van der Waals surface area contributed by atoms with Crippen LogP contribution in [-0.4, -0.2) is 46.7 Å². The van der Waals surface area contributed by atoms with Gasteiger partial charge in [-0.3, -0.25) is 9.69 Å². The minimum atomic E-state index is -0.0356. The lowest BCUT2D eigenvalue weighted by Gasteiger charge is -2.28. The second-order valence-corrected chi connectivity index (χ2v) is 9.51. The summed E-state index contributed by atoms with van der Waals surface area (Å²) in [6, 6.07) is 14.9. The van der Waals surface area contributed by atoms with Crippen LogP contribution in [0.2, 0.25) is 0 Å². The van der Waals surface area contributed by atoms with Crippen LogP contribution in [0, 0.1) is 5.92 Å². The van der Waals surface area contributed by atoms with E-state index >= 15 is 0 Å². The molecule has 3 aromatic rings. The number of hydrogen-bond donors (Lipinski definition) is 1. The van der Waals surface area contributed by atoms with Crippen molar-refractivity contribution in [1.29, 1.82) is 0 Å². The van der Waals surface area contributed by atoms with E-state index in [1.54, 1.807) is 0 Å². The number of aromatic nitrogens is 1. The molecule has 178 valence electrons. The number of oxazole rings is 1. The smallest absolute Gasteiger partial charge is 0.240 e. The van der Waals surface area contributed by atoms with Crippen LogP contribution in [-0.2, 0) is 4.79 Å². The third kappa shape index (κ3) is 4.57. The summed E-state index contributed by atoms with van der Waals surface area (Å²) in [5, 5.41) is 4.31. The molecule has 7 heteroatoms. The van der Waals surface area contributed by atoms with Crippen LogP contribution in [0.15, 0.2) is 52.0 Å². The predicted molar refractivity (Wildman–Crippen MR) is 133 cm³/mol. The number of hydrogen-bond acceptors (Lipinski definition) is 6. The number of amides is 1. The van der Waals surface area contributed by atoms with Gasteiger partial charge in [-0.2, -0.15) is 5.10 Å². The number of rotatable bonds is 7. The van der Waals surface area contributed by atoms with Crippen molar-refractivity contribution in [2.45, 2.75) is 58.5 Å². The maximum absolute atomic E-state index is 11.7. The summed E-state index contributed by atoms with van der Waals surface area (Å²) in [5.41, 5.74) is 6.85. The van der Waals surface area contributed by atoms with Crippen molar-refractivity contribution in [1.82, 2.24) is 15.3 Å². The fourth-order valence-electron chi connectivity index (χ4n) is 5.03. The highest BCUT2D eigenvalue weighted by atomic mass is 16.5. The number of benzene rings is 2. The van der Waals surface area contributed by atoms with Gasteiger partial charge in [0.2, 0.25) is 11.8 Å². The molecule has 7 nitrogen and oxygen atoms in total. The van der Waals surface area contributed by atoms with Crippen LogP contribution in [0.25, 0.3) is 22.6 Å². The molecule has 2 aliphatic heterocycles. The van der Waals surface area contributed by atoms with Gasteiger partial charge in [-0.25, -0.2) is 10.4 Å². The Bertz CT molecular complexity index is 1200. The zero-order valence-electron chi connectivity index (χ0n) is 20.1. The fourth-order valence-corrected chi connectivity index (χ4v) is 5.03. The van der Waals surface area contributed by atoms with Gasteiger partial charge < -0.3 is 9.15 Å². The predicted octanol–water partition coefficient (Wildman–Crippen LogP) is 5.00. The molecule has 0 saturated carbocycles. The first-order valence-electron chi connectivity index (χ1n) is 12.3. The first-order chi connectivity index (χ1) is 16.5. The molecule has 5 rings (SSSR count). The Morgan fingerprint density at radius 3 is 2.74 bits per heavy atom. The summed E-state index contributed by atoms with van der Waals surface area (Å²) in [5.74, 6) is 1.51. The van der Waals surface area contributed by atoms with E-state index in [2.05, 4.69) is 41.2 Å². The summed E-state index contributed by atoms with van der Waals surface area (Å²) in [4.78, 5) is 18.9. The monoisotopic (exact) mass is 460 g/mol. The number of nitrogens with one attached hydrogen (secondary N) is 1. The van der Waals surface area contributed by atoms with Gasteiger partial charge in [-0.1, -0.05) is 13.0 Å². The van der Waals surface area contributed by atoms with Crippen molar-refractivity contribution in [3.63, 3.8) is 0 Å². The molecule has 1 fully saturated rings. The van der Waals surface area contributed by atoms with Crippen molar-refractivity contribution in [3.8, 4) is 17.2 Å². The number of carbonyl (C=O) groups is 1. The van der Waals surface area contributed by atoms with Crippen molar-refractivity contribution < 1.29 is 13.9 Å². The maximum atomic E-state index is 11.7. The summed E-state index contributed by atoms with van der Waals surface area (Å²) in [6.07, 6.45) is 3.75. The number of hydrazone groups is 1. The standard InChI is InChI=1S/C27H32N4O3/c1-4-18-15-25(32)29-30-26(18)20-9-12-23-24(14-20)34-27(28-23)19-7-10-22(11-8-19)33-16-21-6-5-13-31(21)17(2)3/h7-12,14,17-18,21H,4-6,13,15-16H2,1-3H3,(H,29,32)/t18?,21-/m1/s1. The highest BCUT2D eigenvalue weighted by Crippen LogP contribution is 2.29. The second kappa shape index (κ2) is 9.58. The Morgan fingerprint density at radius 2 is 1.97 bits per heavy atom. The molecule has 1 amide bonds. The summed E-state index contributed by atoms with van der Waals surface area (Å²) in [7, 11) is 0. The average Bonchev–Trinajstić information content (AvgIpc) is 3.49. The highest BCUT2D eigenvalue weighted by molar-refractivity contribution is 6.07. The molecular weight excluding hydrogens is 428 g/mol. The van der Waals surface area contributed by atoms with Crippen LogP contribution in [0.5, 0.6) is 5.75 Å². The molecule has 2 atom stereocenters. The van der Waals surface area contributed by atoms with Gasteiger partial charge in [-0.15, -0.1) is 0 Å². The Kier molecular flexibility index (Phi) is 6.37. The molecule has 34 heavy (non-hydrogen) atoms. The molecule has 0 aliphatic carbocycles. The van der Waals surface area contributed by atoms with E-state index in [4.69, 9.17) is 9.15 Å². The van der Waals surface area contributed by atoms with Gasteiger partial charge in [0.15, 0.2) is 5.58 Å². The highest BCUT2D eigenvalue weighted by Gasteiger charge is 2.27. The van der Waals surface area contributed by atoms with Gasteiger partial charge >= 0.3 is 0 Å². The first-order valence-corrected chi connectivity index (χ1v) is 12.3. The molecule has 0 radical (unpaired) electrons. The third-order valence-electron chi connectivity index (χ3n) is 6.93. The van der Waals surface area contributed by atoms with Gasteiger partial charge in [0.05, 0.1) is 5.71 Å². The lowest BCUT2D eigenvalue weighted by Crippen LogP contribution is -2.39. The van der Waals surface area contributed by atoms with Crippen molar-refractivity contribution in [2.75, 3.05) is 13.2 Å². The van der Waals surface area contributed by atoms with E-state index in [0.717, 1.165) is 41.1 Å². The first kappa shape index (κ1) is 22.6. The molecule has 1 unspecified atom stereocenters. The van der Waals surface area contributed by atoms with Crippen molar-refractivity contribution >= 4 is 22.7 Å². The zero-order chi connectivity index (χ0) is 23.7. The largest absolute Gasteiger partial charge is 0.492 e. The van der Waals surface area contributed by atoms with E-state index in [0.29, 0.717) is 36.6 Å². The van der Waals surface area contributed by atoms with Crippen LogP contribution >= 0.6 is 0 Å². The van der Waals surface area contributed by atoms with Crippen LogP contribution < -0.4 is 10.2 Å². The number of nitrogens with zero attached hydrogens (tertiary/aromatic N) is 3. The maximum Gasteiger partial charge on any atom is 0.240 e. The summed E-state index contributed by atoms with van der Waals surface area (Å²) in [6.45, 7) is 8.45. The quantitative estimate of drug-likeness (QED) is 0.537. The van der Waals surface area contributed by atoms with Crippen molar-refractivity contribution in [3.05, 3.63) is 48.0 Å². The Hall–Kier alpha value is -3.19. The molecule has 0 bridgehead atoms. The topological polar surface area (TPSA) is 80.0 Å². The second-order valence-electron chi connectivity index (χ2n) is 9.51. The van der Waals surface area contributed by atoms with Crippen molar-refractivity contribution in [2.24, 2.45) is 11.0 Å². The lowest BCUT2D eigenvalue weighted by atomic mass is 9.90. The molecule has 3 heterocycles. The number of fused-ring (bicyclic) bond motifs is 1.